The van der Waals surface area contributed by atoms with E-state index in [-0.39, 0.29) is 17.9 Å². The van der Waals surface area contributed by atoms with E-state index in [1.54, 1.807) is 42.5 Å². The maximum Gasteiger partial charge on any atom is 0.335 e. The number of barbiturate groups is 1. The van der Waals surface area contributed by atoms with E-state index >= 15 is 0 Å². The van der Waals surface area contributed by atoms with Gasteiger partial charge in [-0.1, -0.05) is 12.1 Å². The Morgan fingerprint density at radius 1 is 1.08 bits per heavy atom. The molecule has 1 heterocycles. The number of nitrogens with zero attached hydrogens (tertiary/aromatic N) is 2. The number of ether oxygens (including phenoxy) is 2. The van der Waals surface area contributed by atoms with E-state index < -0.39 is 22.8 Å². The van der Waals surface area contributed by atoms with Crippen LogP contribution >= 0.6 is 22.6 Å². The first-order chi connectivity index (χ1) is 17.7. The molecule has 188 valence electrons. The zero-order valence-electron chi connectivity index (χ0n) is 19.7. The number of rotatable bonds is 7. The van der Waals surface area contributed by atoms with Crippen LogP contribution in [0.3, 0.4) is 0 Å². The minimum atomic E-state index is -0.820. The second-order valence-electron chi connectivity index (χ2n) is 8.04. The summed E-state index contributed by atoms with van der Waals surface area (Å²) in [5.41, 5.74) is 2.18. The number of aryl methyl sites for hydroxylation is 1. The molecular formula is C26H20IN3O7. The molecule has 11 heteroatoms. The highest BCUT2D eigenvalue weighted by Crippen LogP contribution is 2.35. The van der Waals surface area contributed by atoms with Crippen molar-refractivity contribution in [2.45, 2.75) is 13.5 Å². The van der Waals surface area contributed by atoms with Crippen LogP contribution in [0.5, 0.6) is 11.5 Å². The van der Waals surface area contributed by atoms with Crippen LogP contribution in [0.1, 0.15) is 16.7 Å². The highest BCUT2D eigenvalue weighted by molar-refractivity contribution is 14.1. The van der Waals surface area contributed by atoms with Crippen LogP contribution < -0.4 is 19.7 Å². The standard InChI is InChI=1S/C26H20IN3O7/c1-15-4-3-5-19(10-15)29-25(32)20(24(31)28-26(29)33)11-17-12-21(27)23(22(13-17)36-2)37-14-16-6-8-18(9-7-16)30(34)35/h3-13H,14H2,1-2H3,(H,28,31,33)/b20-11+. The van der Waals surface area contributed by atoms with Crippen molar-refractivity contribution in [1.82, 2.24) is 5.32 Å². The number of nitro groups is 1. The van der Waals surface area contributed by atoms with Gasteiger partial charge in [-0.15, -0.1) is 0 Å². The van der Waals surface area contributed by atoms with Gasteiger partial charge in [0.1, 0.15) is 12.2 Å². The number of imide groups is 2. The number of urea groups is 1. The van der Waals surface area contributed by atoms with E-state index in [1.807, 2.05) is 35.6 Å². The van der Waals surface area contributed by atoms with Crippen molar-refractivity contribution in [3.63, 3.8) is 0 Å². The van der Waals surface area contributed by atoms with Crippen molar-refractivity contribution >= 4 is 57.9 Å². The topological polar surface area (TPSA) is 128 Å². The SMILES string of the molecule is COc1cc(/C=C2\C(=O)NC(=O)N(c3cccc(C)c3)C2=O)cc(I)c1OCc1ccc([N+](=O)[O-])cc1. The molecule has 0 unspecified atom stereocenters. The molecule has 1 aliphatic rings. The van der Waals surface area contributed by atoms with Gasteiger partial charge in [0.15, 0.2) is 11.5 Å². The molecule has 10 nitrogen and oxygen atoms in total. The zero-order chi connectivity index (χ0) is 26.7. The van der Waals surface area contributed by atoms with Gasteiger partial charge in [-0.25, -0.2) is 9.69 Å². The van der Waals surface area contributed by atoms with Gasteiger partial charge in [0, 0.05) is 12.1 Å². The predicted molar refractivity (Wildman–Crippen MR) is 143 cm³/mol. The fraction of sp³-hybridized carbons (Fsp3) is 0.115. The molecular weight excluding hydrogens is 593 g/mol. The quantitative estimate of drug-likeness (QED) is 0.134. The molecule has 4 amide bonds. The Balaban J connectivity index is 1.61. The highest BCUT2D eigenvalue weighted by atomic mass is 127. The van der Waals surface area contributed by atoms with Crippen molar-refractivity contribution in [2.75, 3.05) is 12.0 Å². The summed E-state index contributed by atoms with van der Waals surface area (Å²) in [5.74, 6) is -0.756. The fourth-order valence-electron chi connectivity index (χ4n) is 3.66. The number of hydrogen-bond donors (Lipinski definition) is 1. The van der Waals surface area contributed by atoms with Gasteiger partial charge in [0.25, 0.3) is 17.5 Å². The molecule has 3 aromatic rings. The van der Waals surface area contributed by atoms with Crippen molar-refractivity contribution in [3.8, 4) is 11.5 Å². The zero-order valence-corrected chi connectivity index (χ0v) is 21.8. The number of methoxy groups -OCH3 is 1. The fourth-order valence-corrected chi connectivity index (χ4v) is 4.44. The molecule has 1 aliphatic heterocycles. The van der Waals surface area contributed by atoms with Crippen LogP contribution in [-0.4, -0.2) is 29.9 Å². The minimum Gasteiger partial charge on any atom is -0.493 e. The van der Waals surface area contributed by atoms with E-state index in [1.165, 1.54) is 25.3 Å². The number of carbonyl (C=O) groups is 3. The summed E-state index contributed by atoms with van der Waals surface area (Å²) in [6, 6.07) is 15.3. The number of anilines is 1. The Hall–Kier alpha value is -4.26. The third-order valence-corrected chi connectivity index (χ3v) is 6.26. The maximum absolute atomic E-state index is 13.2. The summed E-state index contributed by atoms with van der Waals surface area (Å²) in [5, 5.41) is 13.1. The predicted octanol–water partition coefficient (Wildman–Crippen LogP) is 4.76. The highest BCUT2D eigenvalue weighted by Gasteiger charge is 2.37. The average Bonchev–Trinajstić information content (AvgIpc) is 2.85. The molecule has 3 aromatic carbocycles. The van der Waals surface area contributed by atoms with Gasteiger partial charge in [0.05, 0.1) is 21.3 Å². The van der Waals surface area contributed by atoms with E-state index in [9.17, 15) is 24.5 Å². The molecule has 0 spiro atoms. The van der Waals surface area contributed by atoms with Crippen molar-refractivity contribution in [2.24, 2.45) is 0 Å². The smallest absolute Gasteiger partial charge is 0.335 e. The number of amides is 4. The van der Waals surface area contributed by atoms with Gasteiger partial charge in [0.2, 0.25) is 0 Å². The maximum atomic E-state index is 13.2. The first-order valence-electron chi connectivity index (χ1n) is 10.9. The van der Waals surface area contributed by atoms with Gasteiger partial charge >= 0.3 is 6.03 Å². The summed E-state index contributed by atoms with van der Waals surface area (Å²) < 4.78 is 12.0. The first kappa shape index (κ1) is 25.8. The van der Waals surface area contributed by atoms with Gasteiger partial charge in [-0.05, 0) is 88.7 Å². The minimum absolute atomic E-state index is 0.0164. The Kier molecular flexibility index (Phi) is 7.53. The number of nitro benzene ring substituents is 1. The third kappa shape index (κ3) is 5.61. The van der Waals surface area contributed by atoms with Gasteiger partial charge in [-0.3, -0.25) is 25.0 Å². The Bertz CT molecular complexity index is 1450. The molecule has 0 aliphatic carbocycles. The molecule has 0 bridgehead atoms. The Morgan fingerprint density at radius 3 is 2.46 bits per heavy atom. The Labute approximate surface area is 225 Å². The Morgan fingerprint density at radius 2 is 1.81 bits per heavy atom. The molecule has 1 N–H and O–H groups in total. The van der Waals surface area contributed by atoms with Crippen molar-refractivity contribution in [1.29, 1.82) is 0 Å². The second kappa shape index (κ2) is 10.8. The molecule has 37 heavy (non-hydrogen) atoms. The number of non-ortho nitro benzene ring substituents is 1. The summed E-state index contributed by atoms with van der Waals surface area (Å²) in [4.78, 5) is 49.4. The van der Waals surface area contributed by atoms with Gasteiger partial charge in [-0.2, -0.15) is 0 Å². The summed E-state index contributed by atoms with van der Waals surface area (Å²) in [6.07, 6.45) is 1.39. The van der Waals surface area contributed by atoms with E-state index in [4.69, 9.17) is 9.47 Å². The van der Waals surface area contributed by atoms with Crippen LogP contribution in [0.2, 0.25) is 0 Å². The van der Waals surface area contributed by atoms with E-state index in [2.05, 4.69) is 5.32 Å². The molecule has 0 radical (unpaired) electrons. The largest absolute Gasteiger partial charge is 0.493 e. The van der Waals surface area contributed by atoms with Crippen molar-refractivity contribution in [3.05, 3.63) is 96.6 Å². The number of benzene rings is 3. The molecule has 4 rings (SSSR count). The van der Waals surface area contributed by atoms with Crippen LogP contribution in [0, 0.1) is 20.6 Å². The summed E-state index contributed by atoms with van der Waals surface area (Å²) in [6.45, 7) is 1.97. The van der Waals surface area contributed by atoms with Crippen LogP contribution in [0.25, 0.3) is 6.08 Å². The number of nitrogens with one attached hydrogen (secondary N) is 1. The van der Waals surface area contributed by atoms with Gasteiger partial charge < -0.3 is 9.47 Å². The van der Waals surface area contributed by atoms with Crippen LogP contribution in [0.4, 0.5) is 16.2 Å². The normalized spacial score (nSPS) is 14.5. The molecule has 1 saturated heterocycles. The number of halogens is 1. The van der Waals surface area contributed by atoms with Crippen LogP contribution in [-0.2, 0) is 16.2 Å². The first-order valence-corrected chi connectivity index (χ1v) is 12.0. The third-order valence-electron chi connectivity index (χ3n) is 5.45. The lowest BCUT2D eigenvalue weighted by Gasteiger charge is -2.26. The van der Waals surface area contributed by atoms with E-state index in [0.29, 0.717) is 26.3 Å². The second-order valence-corrected chi connectivity index (χ2v) is 9.21. The summed E-state index contributed by atoms with van der Waals surface area (Å²) >= 11 is 2.04. The molecule has 1 fully saturated rings. The average molecular weight is 613 g/mol. The molecule has 0 aromatic heterocycles. The van der Waals surface area contributed by atoms with E-state index in [0.717, 1.165) is 16.0 Å². The lowest BCUT2D eigenvalue weighted by molar-refractivity contribution is -0.384. The summed E-state index contributed by atoms with van der Waals surface area (Å²) in [7, 11) is 1.46. The lowest BCUT2D eigenvalue weighted by atomic mass is 10.1. The molecule has 0 saturated carbocycles. The number of hydrogen-bond acceptors (Lipinski definition) is 7. The van der Waals surface area contributed by atoms with Crippen LogP contribution in [0.15, 0.2) is 66.2 Å². The van der Waals surface area contributed by atoms with Crippen molar-refractivity contribution < 1.29 is 28.8 Å². The molecule has 0 atom stereocenters. The number of carbonyl (C=O) groups excluding carboxylic acids is 3. The lowest BCUT2D eigenvalue weighted by Crippen LogP contribution is -2.54. The monoisotopic (exact) mass is 613 g/mol.